The first-order chi connectivity index (χ1) is 12.5. The summed E-state index contributed by atoms with van der Waals surface area (Å²) in [5.74, 6) is -0.723. The molecule has 0 aromatic heterocycles. The van der Waals surface area contributed by atoms with E-state index in [9.17, 15) is 14.7 Å². The van der Waals surface area contributed by atoms with Crippen LogP contribution in [0.25, 0.3) is 0 Å². The molecule has 0 aliphatic carbocycles. The lowest BCUT2D eigenvalue weighted by atomic mass is 9.71. The second-order valence-electron chi connectivity index (χ2n) is 7.68. The van der Waals surface area contributed by atoms with Gasteiger partial charge in [0, 0.05) is 38.0 Å². The molecule has 2 saturated heterocycles. The largest absolute Gasteiger partial charge is 0.480 e. The van der Waals surface area contributed by atoms with Crippen molar-refractivity contribution >= 4 is 11.9 Å². The smallest absolute Gasteiger partial charge is 0.317 e. The van der Waals surface area contributed by atoms with Crippen LogP contribution in [0.5, 0.6) is 0 Å². The number of benzene rings is 1. The molecule has 142 valence electrons. The molecular formula is C20H28N2O4. The molecule has 0 radical (unpaired) electrons. The van der Waals surface area contributed by atoms with Crippen LogP contribution in [-0.4, -0.2) is 70.7 Å². The molecular weight excluding hydrogens is 332 g/mol. The number of carbonyl (C=O) groups excluding carboxylic acids is 1. The van der Waals surface area contributed by atoms with Gasteiger partial charge >= 0.3 is 5.97 Å². The first-order valence-corrected chi connectivity index (χ1v) is 9.42. The number of aliphatic hydroxyl groups excluding tert-OH is 1. The zero-order valence-electron chi connectivity index (χ0n) is 15.1. The van der Waals surface area contributed by atoms with Crippen LogP contribution in [0, 0.1) is 5.41 Å². The Bertz CT molecular complexity index is 636. The van der Waals surface area contributed by atoms with E-state index in [2.05, 4.69) is 0 Å². The Morgan fingerprint density at radius 1 is 1.15 bits per heavy atom. The number of amides is 1. The second-order valence-corrected chi connectivity index (χ2v) is 7.68. The average molecular weight is 360 g/mol. The molecule has 2 atom stereocenters. The van der Waals surface area contributed by atoms with Crippen molar-refractivity contribution in [2.75, 3.05) is 32.7 Å². The third-order valence-corrected chi connectivity index (χ3v) is 5.75. The lowest BCUT2D eigenvalue weighted by Gasteiger charge is -2.50. The fourth-order valence-corrected chi connectivity index (χ4v) is 4.40. The number of nitrogens with zero attached hydrogens (tertiary/aromatic N) is 2. The topological polar surface area (TPSA) is 81.1 Å². The second kappa shape index (κ2) is 8.18. The lowest BCUT2D eigenvalue weighted by molar-refractivity contribution is -0.147. The average Bonchev–Trinajstić information content (AvgIpc) is 2.63. The molecule has 1 spiro atoms. The molecule has 3 rings (SSSR count). The highest BCUT2D eigenvalue weighted by Crippen LogP contribution is 2.39. The molecule has 6 nitrogen and oxygen atoms in total. The zero-order valence-corrected chi connectivity index (χ0v) is 15.1. The van der Waals surface area contributed by atoms with Crippen LogP contribution in [0.3, 0.4) is 0 Å². The molecule has 0 saturated carbocycles. The maximum Gasteiger partial charge on any atom is 0.317 e. The summed E-state index contributed by atoms with van der Waals surface area (Å²) in [6.07, 6.45) is 2.98. The van der Waals surface area contributed by atoms with Gasteiger partial charge in [-0.05, 0) is 31.2 Å². The van der Waals surface area contributed by atoms with E-state index in [1.54, 1.807) is 0 Å². The molecule has 1 aromatic carbocycles. The van der Waals surface area contributed by atoms with Crippen LogP contribution in [-0.2, 0) is 16.0 Å². The molecule has 0 unspecified atom stereocenters. The summed E-state index contributed by atoms with van der Waals surface area (Å²) in [4.78, 5) is 27.5. The normalized spacial score (nSPS) is 26.8. The number of hydrogen-bond acceptors (Lipinski definition) is 4. The Morgan fingerprint density at radius 2 is 1.92 bits per heavy atom. The highest BCUT2D eigenvalue weighted by molar-refractivity contribution is 5.76. The van der Waals surface area contributed by atoms with Crippen LogP contribution in [0.4, 0.5) is 0 Å². The molecule has 2 N–H and O–H groups in total. The van der Waals surface area contributed by atoms with E-state index in [-0.39, 0.29) is 12.5 Å². The number of aliphatic carboxylic acids is 1. The first-order valence-electron chi connectivity index (χ1n) is 9.42. The highest BCUT2D eigenvalue weighted by atomic mass is 16.4. The Kier molecular flexibility index (Phi) is 5.94. The fraction of sp³-hybridized carbons (Fsp3) is 0.600. The van der Waals surface area contributed by atoms with Gasteiger partial charge in [0.2, 0.25) is 5.91 Å². The number of aryl methyl sites for hydroxylation is 1. The Balaban J connectivity index is 1.61. The van der Waals surface area contributed by atoms with E-state index < -0.39 is 17.5 Å². The molecule has 1 amide bonds. The number of likely N-dealkylation sites (tertiary alicyclic amines) is 2. The number of carboxylic acids is 1. The van der Waals surface area contributed by atoms with Crippen molar-refractivity contribution in [3.05, 3.63) is 35.9 Å². The number of piperidine rings is 2. The van der Waals surface area contributed by atoms with Crippen molar-refractivity contribution in [2.45, 2.75) is 38.2 Å². The van der Waals surface area contributed by atoms with Gasteiger partial charge in [-0.25, -0.2) is 0 Å². The maximum absolute atomic E-state index is 12.7. The highest BCUT2D eigenvalue weighted by Gasteiger charge is 2.46. The van der Waals surface area contributed by atoms with Gasteiger partial charge in [-0.1, -0.05) is 30.3 Å². The van der Waals surface area contributed by atoms with Crippen molar-refractivity contribution in [1.82, 2.24) is 9.80 Å². The van der Waals surface area contributed by atoms with E-state index in [0.717, 1.165) is 31.4 Å². The Hall–Kier alpha value is -1.92. The molecule has 26 heavy (non-hydrogen) atoms. The third-order valence-electron chi connectivity index (χ3n) is 5.75. The van der Waals surface area contributed by atoms with E-state index in [0.29, 0.717) is 32.5 Å². The first kappa shape index (κ1) is 18.9. The molecule has 6 heteroatoms. The predicted octanol–water partition coefficient (Wildman–Crippen LogP) is 1.38. The minimum atomic E-state index is -0.844. The summed E-state index contributed by atoms with van der Waals surface area (Å²) in [5.41, 5.74) is 0.756. The van der Waals surface area contributed by atoms with Gasteiger partial charge in [0.25, 0.3) is 0 Å². The van der Waals surface area contributed by atoms with E-state index >= 15 is 0 Å². The van der Waals surface area contributed by atoms with Crippen molar-refractivity contribution in [1.29, 1.82) is 0 Å². The molecule has 1 aromatic rings. The molecule has 2 heterocycles. The standard InChI is InChI=1S/C20H28N2O4/c23-17-9-12-21(13-19(25)26)14-20(17)10-4-11-22(15-20)18(24)8-7-16-5-2-1-3-6-16/h1-3,5-6,17,23H,4,7-15H2,(H,25,26)/t17-,20-/m1/s1. The van der Waals surface area contributed by atoms with Crippen LogP contribution in [0.2, 0.25) is 0 Å². The summed E-state index contributed by atoms with van der Waals surface area (Å²) >= 11 is 0. The van der Waals surface area contributed by atoms with Crippen LogP contribution in [0.15, 0.2) is 30.3 Å². The predicted molar refractivity (Wildman–Crippen MR) is 97.7 cm³/mol. The third kappa shape index (κ3) is 4.43. The summed E-state index contributed by atoms with van der Waals surface area (Å²) in [5, 5.41) is 19.7. The van der Waals surface area contributed by atoms with Gasteiger partial charge < -0.3 is 15.1 Å². The Labute approximate surface area is 154 Å². The molecule has 2 aliphatic heterocycles. The van der Waals surface area contributed by atoms with Crippen molar-refractivity contribution in [3.63, 3.8) is 0 Å². The van der Waals surface area contributed by atoms with E-state index in [1.807, 2.05) is 40.1 Å². The quantitative estimate of drug-likeness (QED) is 0.829. The van der Waals surface area contributed by atoms with E-state index in [1.165, 1.54) is 0 Å². The van der Waals surface area contributed by atoms with Crippen LogP contribution in [0.1, 0.15) is 31.2 Å². The van der Waals surface area contributed by atoms with E-state index in [4.69, 9.17) is 5.11 Å². The summed E-state index contributed by atoms with van der Waals surface area (Å²) < 4.78 is 0. The number of rotatable bonds is 5. The van der Waals surface area contributed by atoms with Gasteiger partial charge in [-0.2, -0.15) is 0 Å². The Morgan fingerprint density at radius 3 is 2.65 bits per heavy atom. The number of carbonyl (C=O) groups is 2. The number of aliphatic hydroxyl groups is 1. The van der Waals surface area contributed by atoms with Crippen molar-refractivity contribution in [3.8, 4) is 0 Å². The summed E-state index contributed by atoms with van der Waals surface area (Å²) in [6.45, 7) is 2.38. The van der Waals surface area contributed by atoms with Gasteiger partial charge in [-0.3, -0.25) is 14.5 Å². The van der Waals surface area contributed by atoms with Gasteiger partial charge in [0.15, 0.2) is 0 Å². The fourth-order valence-electron chi connectivity index (χ4n) is 4.40. The summed E-state index contributed by atoms with van der Waals surface area (Å²) in [7, 11) is 0. The van der Waals surface area contributed by atoms with Crippen molar-refractivity contribution < 1.29 is 19.8 Å². The van der Waals surface area contributed by atoms with Gasteiger partial charge in [0.05, 0.1) is 12.6 Å². The van der Waals surface area contributed by atoms with Gasteiger partial charge in [0.1, 0.15) is 0 Å². The van der Waals surface area contributed by atoms with Crippen LogP contribution >= 0.6 is 0 Å². The number of hydrogen-bond donors (Lipinski definition) is 2. The molecule has 0 bridgehead atoms. The number of carboxylic acid groups (broad SMARTS) is 1. The minimum absolute atomic E-state index is 0.00355. The zero-order chi connectivity index (χ0) is 18.6. The SMILES string of the molecule is O=C(O)CN1CC[C@@H](O)[C@]2(CCCN(C(=O)CCc3ccccc3)C2)C1. The summed E-state index contributed by atoms with van der Waals surface area (Å²) in [6, 6.07) is 9.97. The minimum Gasteiger partial charge on any atom is -0.480 e. The maximum atomic E-state index is 12.7. The molecule has 2 fully saturated rings. The monoisotopic (exact) mass is 360 g/mol. The lowest BCUT2D eigenvalue weighted by Crippen LogP contribution is -2.60. The van der Waals surface area contributed by atoms with Crippen molar-refractivity contribution in [2.24, 2.45) is 5.41 Å². The van der Waals surface area contributed by atoms with Crippen LogP contribution < -0.4 is 0 Å². The molecule has 2 aliphatic rings. The van der Waals surface area contributed by atoms with Gasteiger partial charge in [-0.15, -0.1) is 0 Å².